The van der Waals surface area contributed by atoms with Crippen molar-refractivity contribution < 1.29 is 9.53 Å². The number of carbonyl (C=O) groups excluding carboxylic acids is 1. The first-order valence-corrected chi connectivity index (χ1v) is 8.18. The molecule has 24 heavy (non-hydrogen) atoms. The number of aromatic nitrogens is 1. The molecular weight excluding hydrogens is 302 g/mol. The Hall–Kier alpha value is -2.40. The summed E-state index contributed by atoms with van der Waals surface area (Å²) < 4.78 is 5.56. The van der Waals surface area contributed by atoms with Gasteiger partial charge in [0, 0.05) is 30.9 Å². The summed E-state index contributed by atoms with van der Waals surface area (Å²) in [6.07, 6.45) is 3.81. The van der Waals surface area contributed by atoms with E-state index >= 15 is 0 Å². The van der Waals surface area contributed by atoms with Gasteiger partial charge in [0.05, 0.1) is 6.20 Å². The van der Waals surface area contributed by atoms with Crippen LogP contribution < -0.4 is 15.4 Å². The average molecular weight is 327 g/mol. The molecule has 2 N–H and O–H groups in total. The number of amides is 1. The maximum atomic E-state index is 12.1. The zero-order valence-corrected chi connectivity index (χ0v) is 14.5. The summed E-state index contributed by atoms with van der Waals surface area (Å²) in [7, 11) is 0. The molecule has 0 aliphatic carbocycles. The van der Waals surface area contributed by atoms with Gasteiger partial charge in [0.25, 0.3) is 0 Å². The Labute approximate surface area is 143 Å². The molecule has 0 spiro atoms. The number of anilines is 1. The smallest absolute Gasteiger partial charge is 0.225 e. The SMILES string of the molecule is Cc1ccc(NC(=O)C[C@H](C)NCCOc2cccnc2)c(C)c1. The van der Waals surface area contributed by atoms with Gasteiger partial charge in [-0.2, -0.15) is 0 Å². The summed E-state index contributed by atoms with van der Waals surface area (Å²) in [5, 5.41) is 6.25. The van der Waals surface area contributed by atoms with E-state index < -0.39 is 0 Å². The van der Waals surface area contributed by atoms with Crippen molar-refractivity contribution in [2.75, 3.05) is 18.5 Å². The fourth-order valence-corrected chi connectivity index (χ4v) is 2.41. The number of nitrogens with zero attached hydrogens (tertiary/aromatic N) is 1. The number of benzene rings is 1. The number of ether oxygens (including phenoxy) is 1. The molecule has 1 heterocycles. The van der Waals surface area contributed by atoms with Crippen LogP contribution in [-0.2, 0) is 4.79 Å². The molecule has 0 saturated carbocycles. The number of rotatable bonds is 8. The van der Waals surface area contributed by atoms with Crippen LogP contribution in [0.2, 0.25) is 0 Å². The molecule has 0 fully saturated rings. The van der Waals surface area contributed by atoms with E-state index in [-0.39, 0.29) is 11.9 Å². The van der Waals surface area contributed by atoms with Crippen molar-refractivity contribution in [2.45, 2.75) is 33.2 Å². The van der Waals surface area contributed by atoms with Gasteiger partial charge in [-0.15, -0.1) is 0 Å². The first-order valence-electron chi connectivity index (χ1n) is 8.18. The second kappa shape index (κ2) is 9.03. The van der Waals surface area contributed by atoms with Crippen molar-refractivity contribution in [1.29, 1.82) is 0 Å². The predicted molar refractivity (Wildman–Crippen MR) is 96.4 cm³/mol. The van der Waals surface area contributed by atoms with Gasteiger partial charge in [-0.1, -0.05) is 17.7 Å². The number of hydrogen-bond acceptors (Lipinski definition) is 4. The van der Waals surface area contributed by atoms with E-state index in [1.807, 2.05) is 45.0 Å². The van der Waals surface area contributed by atoms with E-state index in [4.69, 9.17) is 4.74 Å². The van der Waals surface area contributed by atoms with Crippen LogP contribution in [-0.4, -0.2) is 30.1 Å². The maximum absolute atomic E-state index is 12.1. The van der Waals surface area contributed by atoms with Gasteiger partial charge in [0.2, 0.25) is 5.91 Å². The Balaban J connectivity index is 1.68. The highest BCUT2D eigenvalue weighted by Gasteiger charge is 2.10. The van der Waals surface area contributed by atoms with Crippen LogP contribution in [0.3, 0.4) is 0 Å². The van der Waals surface area contributed by atoms with E-state index in [0.29, 0.717) is 19.6 Å². The van der Waals surface area contributed by atoms with Crippen molar-refractivity contribution in [3.63, 3.8) is 0 Å². The molecule has 1 atom stereocenters. The second-order valence-electron chi connectivity index (χ2n) is 5.96. The van der Waals surface area contributed by atoms with Gasteiger partial charge < -0.3 is 15.4 Å². The average Bonchev–Trinajstić information content (AvgIpc) is 2.55. The molecule has 0 bridgehead atoms. The molecule has 1 amide bonds. The van der Waals surface area contributed by atoms with Crippen LogP contribution in [0.25, 0.3) is 0 Å². The summed E-state index contributed by atoms with van der Waals surface area (Å²) in [6.45, 7) is 7.24. The molecule has 0 radical (unpaired) electrons. The summed E-state index contributed by atoms with van der Waals surface area (Å²) in [6, 6.07) is 9.79. The topological polar surface area (TPSA) is 63.2 Å². The van der Waals surface area contributed by atoms with E-state index in [0.717, 1.165) is 17.0 Å². The van der Waals surface area contributed by atoms with Crippen molar-refractivity contribution in [3.05, 3.63) is 53.9 Å². The van der Waals surface area contributed by atoms with Gasteiger partial charge in [-0.3, -0.25) is 9.78 Å². The molecule has 1 aromatic heterocycles. The first-order chi connectivity index (χ1) is 11.5. The van der Waals surface area contributed by atoms with Crippen molar-refractivity contribution in [1.82, 2.24) is 10.3 Å². The van der Waals surface area contributed by atoms with Gasteiger partial charge in [-0.05, 0) is 44.5 Å². The normalized spacial score (nSPS) is 11.8. The number of nitrogens with one attached hydrogen (secondary N) is 2. The Bertz CT molecular complexity index is 659. The first kappa shape index (κ1) is 17.9. The lowest BCUT2D eigenvalue weighted by atomic mass is 10.1. The lowest BCUT2D eigenvalue weighted by Gasteiger charge is -2.15. The number of hydrogen-bond donors (Lipinski definition) is 2. The standard InChI is InChI=1S/C19H25N3O2/c1-14-6-7-18(15(2)11-14)22-19(23)12-16(3)21-9-10-24-17-5-4-8-20-13-17/h4-8,11,13,16,21H,9-10,12H2,1-3H3,(H,22,23)/t16-/m0/s1. The van der Waals surface area contributed by atoms with E-state index in [1.54, 1.807) is 12.4 Å². The van der Waals surface area contributed by atoms with E-state index in [1.165, 1.54) is 5.56 Å². The summed E-state index contributed by atoms with van der Waals surface area (Å²) in [5.41, 5.74) is 3.14. The number of pyridine rings is 1. The molecule has 128 valence electrons. The Morgan fingerprint density at radius 1 is 1.29 bits per heavy atom. The molecule has 1 aromatic carbocycles. The van der Waals surface area contributed by atoms with Crippen molar-refractivity contribution in [2.24, 2.45) is 0 Å². The third kappa shape index (κ3) is 6.01. The zero-order valence-electron chi connectivity index (χ0n) is 14.5. The fraction of sp³-hybridized carbons (Fsp3) is 0.368. The third-order valence-electron chi connectivity index (χ3n) is 3.65. The van der Waals surface area contributed by atoms with Gasteiger partial charge >= 0.3 is 0 Å². The Morgan fingerprint density at radius 3 is 2.83 bits per heavy atom. The summed E-state index contributed by atoms with van der Waals surface area (Å²) in [4.78, 5) is 16.1. The molecule has 0 aliphatic rings. The van der Waals surface area contributed by atoms with E-state index in [9.17, 15) is 4.79 Å². The number of aryl methyl sites for hydroxylation is 2. The Kier molecular flexibility index (Phi) is 6.75. The predicted octanol–water partition coefficient (Wildman–Crippen LogP) is 3.08. The van der Waals surface area contributed by atoms with Crippen LogP contribution in [0.1, 0.15) is 24.5 Å². The lowest BCUT2D eigenvalue weighted by Crippen LogP contribution is -2.33. The quantitative estimate of drug-likeness (QED) is 0.731. The third-order valence-corrected chi connectivity index (χ3v) is 3.65. The maximum Gasteiger partial charge on any atom is 0.225 e. The van der Waals surface area contributed by atoms with Crippen molar-refractivity contribution >= 4 is 11.6 Å². The fourth-order valence-electron chi connectivity index (χ4n) is 2.41. The zero-order chi connectivity index (χ0) is 17.4. The molecule has 0 aliphatic heterocycles. The highest BCUT2D eigenvalue weighted by atomic mass is 16.5. The summed E-state index contributed by atoms with van der Waals surface area (Å²) in [5.74, 6) is 0.759. The molecule has 0 unspecified atom stereocenters. The van der Waals surface area contributed by atoms with Crippen LogP contribution in [0.15, 0.2) is 42.7 Å². The van der Waals surface area contributed by atoms with Gasteiger partial charge in [0.1, 0.15) is 12.4 Å². The van der Waals surface area contributed by atoms with Crippen LogP contribution in [0, 0.1) is 13.8 Å². The molecular formula is C19H25N3O2. The van der Waals surface area contributed by atoms with E-state index in [2.05, 4.69) is 21.7 Å². The van der Waals surface area contributed by atoms with Crippen LogP contribution in [0.4, 0.5) is 5.69 Å². The second-order valence-corrected chi connectivity index (χ2v) is 5.96. The van der Waals surface area contributed by atoms with Gasteiger partial charge in [0.15, 0.2) is 0 Å². The minimum absolute atomic E-state index is 0.00938. The monoisotopic (exact) mass is 327 g/mol. The minimum Gasteiger partial charge on any atom is -0.491 e. The molecule has 0 saturated heterocycles. The Morgan fingerprint density at radius 2 is 2.12 bits per heavy atom. The van der Waals surface area contributed by atoms with Gasteiger partial charge in [-0.25, -0.2) is 0 Å². The van der Waals surface area contributed by atoms with Crippen LogP contribution >= 0.6 is 0 Å². The van der Waals surface area contributed by atoms with Crippen LogP contribution in [0.5, 0.6) is 5.75 Å². The highest BCUT2D eigenvalue weighted by molar-refractivity contribution is 5.91. The molecule has 2 rings (SSSR count). The van der Waals surface area contributed by atoms with Crippen molar-refractivity contribution in [3.8, 4) is 5.75 Å². The molecule has 2 aromatic rings. The highest BCUT2D eigenvalue weighted by Crippen LogP contribution is 2.16. The molecule has 5 heteroatoms. The molecule has 5 nitrogen and oxygen atoms in total. The summed E-state index contributed by atoms with van der Waals surface area (Å²) >= 11 is 0. The minimum atomic E-state index is 0.00938. The lowest BCUT2D eigenvalue weighted by molar-refractivity contribution is -0.116. The number of carbonyl (C=O) groups is 1. The largest absolute Gasteiger partial charge is 0.491 e.